The maximum Gasteiger partial charge on any atom is 0.338 e. The third-order valence-corrected chi connectivity index (χ3v) is 6.33. The van der Waals surface area contributed by atoms with E-state index in [1.54, 1.807) is 16.7 Å². The van der Waals surface area contributed by atoms with Crippen molar-refractivity contribution in [1.29, 1.82) is 0 Å². The van der Waals surface area contributed by atoms with E-state index in [1.807, 2.05) is 54.8 Å². The van der Waals surface area contributed by atoms with E-state index < -0.39 is 12.0 Å². The van der Waals surface area contributed by atoms with Gasteiger partial charge in [0.05, 0.1) is 11.3 Å². The van der Waals surface area contributed by atoms with Crippen LogP contribution in [0.5, 0.6) is 0 Å². The number of amidine groups is 1. The molecule has 0 unspecified atom stereocenters. The van der Waals surface area contributed by atoms with Crippen LogP contribution in [0, 0.1) is 0 Å². The van der Waals surface area contributed by atoms with E-state index in [1.165, 1.54) is 11.3 Å². The minimum absolute atomic E-state index is 0.00763. The second-order valence-electron chi connectivity index (χ2n) is 6.24. The number of allylic oxidation sites excluding steroid dienone is 1. The Balaban J connectivity index is 1.68. The standard InChI is InChI=1S/C20H18N2O3S2/c1-13-17(19(24)25-12-14-6-3-2-4-7-14)18(15-8-5-10-26-15)22-16(23)9-11-27-20(22)21-13/h2-8,10,18H,9,11-12H2,1H3/t18-/m1/s1. The molecule has 1 saturated heterocycles. The monoisotopic (exact) mass is 398 g/mol. The third kappa shape index (κ3) is 3.57. The summed E-state index contributed by atoms with van der Waals surface area (Å²) < 4.78 is 5.58. The number of carbonyl (C=O) groups excluding carboxylic acids is 2. The zero-order chi connectivity index (χ0) is 18.8. The second kappa shape index (κ2) is 7.70. The summed E-state index contributed by atoms with van der Waals surface area (Å²) in [5, 5.41) is 2.62. The summed E-state index contributed by atoms with van der Waals surface area (Å²) >= 11 is 3.08. The number of esters is 1. The van der Waals surface area contributed by atoms with Gasteiger partial charge in [-0.05, 0) is 23.9 Å². The Bertz CT molecular complexity index is 920. The van der Waals surface area contributed by atoms with Crippen LogP contribution >= 0.6 is 23.1 Å². The number of rotatable bonds is 4. The van der Waals surface area contributed by atoms with E-state index in [0.29, 0.717) is 28.6 Å². The predicted molar refractivity (Wildman–Crippen MR) is 107 cm³/mol. The van der Waals surface area contributed by atoms with Crippen LogP contribution in [-0.4, -0.2) is 27.7 Å². The molecule has 0 bridgehead atoms. The number of thioether (sulfide) groups is 1. The van der Waals surface area contributed by atoms with E-state index in [4.69, 9.17) is 4.74 Å². The first kappa shape index (κ1) is 18.0. The van der Waals surface area contributed by atoms with Crippen molar-refractivity contribution in [2.75, 3.05) is 5.75 Å². The van der Waals surface area contributed by atoms with Crippen LogP contribution in [0.25, 0.3) is 0 Å². The molecule has 0 radical (unpaired) electrons. The maximum absolute atomic E-state index is 13.0. The van der Waals surface area contributed by atoms with Crippen molar-refractivity contribution >= 4 is 40.1 Å². The fourth-order valence-electron chi connectivity index (χ4n) is 3.17. The van der Waals surface area contributed by atoms with Crippen LogP contribution in [0.15, 0.2) is 64.1 Å². The fourth-order valence-corrected chi connectivity index (χ4v) is 5.00. The van der Waals surface area contributed by atoms with Crippen LogP contribution in [0.2, 0.25) is 0 Å². The van der Waals surface area contributed by atoms with Gasteiger partial charge >= 0.3 is 5.97 Å². The molecule has 1 amide bonds. The van der Waals surface area contributed by atoms with Gasteiger partial charge in [-0.25, -0.2) is 9.79 Å². The molecule has 0 saturated carbocycles. The number of thiophene rings is 1. The average Bonchev–Trinajstić information content (AvgIpc) is 3.20. The SMILES string of the molecule is CC1=C(C(=O)OCc2ccccc2)[C@@H](c2cccs2)N2C(=O)CCSC2=N1. The summed E-state index contributed by atoms with van der Waals surface area (Å²) in [6, 6.07) is 13.0. The molecule has 2 aromatic rings. The summed E-state index contributed by atoms with van der Waals surface area (Å²) in [7, 11) is 0. The summed E-state index contributed by atoms with van der Waals surface area (Å²) in [4.78, 5) is 32.8. The smallest absolute Gasteiger partial charge is 0.338 e. The first-order valence-electron chi connectivity index (χ1n) is 8.64. The van der Waals surface area contributed by atoms with Gasteiger partial charge in [-0.3, -0.25) is 9.69 Å². The van der Waals surface area contributed by atoms with Crippen molar-refractivity contribution in [3.63, 3.8) is 0 Å². The molecular formula is C20H18N2O3S2. The van der Waals surface area contributed by atoms with Gasteiger partial charge < -0.3 is 4.74 Å². The molecular weight excluding hydrogens is 380 g/mol. The Kier molecular flexibility index (Phi) is 5.13. The molecule has 0 N–H and O–H groups in total. The number of fused-ring (bicyclic) bond motifs is 1. The molecule has 0 spiro atoms. The predicted octanol–water partition coefficient (Wildman–Crippen LogP) is 4.14. The molecule has 1 atom stereocenters. The second-order valence-corrected chi connectivity index (χ2v) is 8.28. The highest BCUT2D eigenvalue weighted by Gasteiger charge is 2.42. The number of carbonyl (C=O) groups is 2. The topological polar surface area (TPSA) is 59.0 Å². The van der Waals surface area contributed by atoms with Crippen molar-refractivity contribution < 1.29 is 14.3 Å². The average molecular weight is 399 g/mol. The fraction of sp³-hybridized carbons (Fsp3) is 0.250. The zero-order valence-corrected chi connectivity index (χ0v) is 16.4. The largest absolute Gasteiger partial charge is 0.457 e. The first-order chi connectivity index (χ1) is 13.1. The van der Waals surface area contributed by atoms with Crippen LogP contribution in [-0.2, 0) is 20.9 Å². The lowest BCUT2D eigenvalue weighted by molar-refractivity contribution is -0.141. The highest BCUT2D eigenvalue weighted by molar-refractivity contribution is 8.14. The quantitative estimate of drug-likeness (QED) is 0.726. The molecule has 27 heavy (non-hydrogen) atoms. The minimum Gasteiger partial charge on any atom is -0.457 e. The Morgan fingerprint density at radius 1 is 1.26 bits per heavy atom. The van der Waals surface area contributed by atoms with Crippen LogP contribution in [0.3, 0.4) is 0 Å². The third-order valence-electron chi connectivity index (χ3n) is 4.45. The van der Waals surface area contributed by atoms with Crippen molar-refractivity contribution in [2.24, 2.45) is 4.99 Å². The highest BCUT2D eigenvalue weighted by atomic mass is 32.2. The van der Waals surface area contributed by atoms with Crippen molar-refractivity contribution in [1.82, 2.24) is 4.90 Å². The molecule has 2 aliphatic heterocycles. The van der Waals surface area contributed by atoms with E-state index in [9.17, 15) is 9.59 Å². The number of hydrogen-bond donors (Lipinski definition) is 0. The highest BCUT2D eigenvalue weighted by Crippen LogP contribution is 2.41. The van der Waals surface area contributed by atoms with E-state index >= 15 is 0 Å². The van der Waals surface area contributed by atoms with Gasteiger partial charge in [0.2, 0.25) is 5.91 Å². The number of ether oxygens (including phenoxy) is 1. The molecule has 1 fully saturated rings. The van der Waals surface area contributed by atoms with Crippen LogP contribution in [0.1, 0.15) is 29.8 Å². The Morgan fingerprint density at radius 3 is 2.81 bits per heavy atom. The first-order valence-corrected chi connectivity index (χ1v) is 10.5. The van der Waals surface area contributed by atoms with Gasteiger partial charge in [-0.15, -0.1) is 11.3 Å². The lowest BCUT2D eigenvalue weighted by Crippen LogP contribution is -2.45. The Labute approximate surface area is 165 Å². The molecule has 0 aliphatic carbocycles. The minimum atomic E-state index is -0.471. The lowest BCUT2D eigenvalue weighted by Gasteiger charge is -2.38. The molecule has 4 rings (SSSR count). The van der Waals surface area contributed by atoms with Gasteiger partial charge in [-0.2, -0.15) is 0 Å². The normalized spacial score (nSPS) is 19.6. The van der Waals surface area contributed by atoms with Crippen molar-refractivity contribution in [3.05, 3.63) is 69.6 Å². The van der Waals surface area contributed by atoms with Gasteiger partial charge in [0.15, 0.2) is 5.17 Å². The molecule has 5 nitrogen and oxygen atoms in total. The maximum atomic E-state index is 13.0. The summed E-state index contributed by atoms with van der Waals surface area (Å²) in [5.41, 5.74) is 1.97. The van der Waals surface area contributed by atoms with E-state index in [-0.39, 0.29) is 12.5 Å². The number of amides is 1. The van der Waals surface area contributed by atoms with Crippen LogP contribution in [0.4, 0.5) is 0 Å². The van der Waals surface area contributed by atoms with Gasteiger partial charge in [-0.1, -0.05) is 48.2 Å². The van der Waals surface area contributed by atoms with Crippen LogP contribution < -0.4 is 0 Å². The molecule has 3 heterocycles. The van der Waals surface area contributed by atoms with E-state index in [2.05, 4.69) is 4.99 Å². The Hall–Kier alpha value is -2.38. The molecule has 1 aromatic carbocycles. The summed E-state index contributed by atoms with van der Waals surface area (Å²) in [6.45, 7) is 2.00. The number of benzene rings is 1. The number of nitrogens with zero attached hydrogens (tertiary/aromatic N) is 2. The molecule has 1 aromatic heterocycles. The van der Waals surface area contributed by atoms with Gasteiger partial charge in [0.25, 0.3) is 0 Å². The molecule has 7 heteroatoms. The number of hydrogen-bond acceptors (Lipinski definition) is 6. The summed E-state index contributed by atoms with van der Waals surface area (Å²) in [5.74, 6) is 0.277. The van der Waals surface area contributed by atoms with Crippen molar-refractivity contribution in [2.45, 2.75) is 26.0 Å². The zero-order valence-electron chi connectivity index (χ0n) is 14.8. The van der Waals surface area contributed by atoms with Gasteiger partial charge in [0, 0.05) is 17.1 Å². The lowest BCUT2D eigenvalue weighted by atomic mass is 10.00. The summed E-state index contributed by atoms with van der Waals surface area (Å²) in [6.07, 6.45) is 0.441. The number of aliphatic imine (C=N–C) groups is 1. The van der Waals surface area contributed by atoms with Crippen molar-refractivity contribution in [3.8, 4) is 0 Å². The van der Waals surface area contributed by atoms with Gasteiger partial charge in [0.1, 0.15) is 12.6 Å². The molecule has 2 aliphatic rings. The molecule has 138 valence electrons. The van der Waals surface area contributed by atoms with E-state index in [0.717, 1.165) is 10.4 Å². The Morgan fingerprint density at radius 2 is 2.07 bits per heavy atom.